The van der Waals surface area contributed by atoms with E-state index in [0.29, 0.717) is 28.8 Å². The predicted molar refractivity (Wildman–Crippen MR) is 131 cm³/mol. The lowest BCUT2D eigenvalue weighted by atomic mass is 9.93. The molecule has 0 radical (unpaired) electrons. The van der Waals surface area contributed by atoms with Gasteiger partial charge in [-0.05, 0) is 42.7 Å². The molecule has 2 N–H and O–H groups in total. The smallest absolute Gasteiger partial charge is 0.162 e. The topological polar surface area (TPSA) is 53.8 Å². The average Bonchev–Trinajstić information content (AvgIpc) is 2.80. The molecule has 3 aromatic rings. The van der Waals surface area contributed by atoms with Crippen molar-refractivity contribution in [2.75, 3.05) is 6.61 Å². The number of rotatable bonds is 6. The van der Waals surface area contributed by atoms with Crippen molar-refractivity contribution >= 4 is 28.9 Å². The van der Waals surface area contributed by atoms with Crippen LogP contribution in [0.15, 0.2) is 65.7 Å². The first-order valence-corrected chi connectivity index (χ1v) is 11.6. The van der Waals surface area contributed by atoms with Gasteiger partial charge in [-0.1, -0.05) is 72.6 Å². The highest BCUT2D eigenvalue weighted by atomic mass is 35.5. The number of nitrogens with one attached hydrogen (secondary N) is 1. The molecule has 0 aromatic heterocycles. The molecule has 1 heterocycles. The summed E-state index contributed by atoms with van der Waals surface area (Å²) in [7, 11) is 0. The lowest BCUT2D eigenvalue weighted by Gasteiger charge is -2.31. The Morgan fingerprint density at radius 1 is 1.03 bits per heavy atom. The van der Waals surface area contributed by atoms with Crippen molar-refractivity contribution < 1.29 is 9.84 Å². The maximum atomic E-state index is 10.9. The van der Waals surface area contributed by atoms with Crippen LogP contribution in [0, 0.1) is 0 Å². The normalized spacial score (nSPS) is 18.3. The van der Waals surface area contributed by atoms with Crippen LogP contribution in [0.3, 0.4) is 0 Å². The van der Waals surface area contributed by atoms with Crippen LogP contribution >= 0.6 is 23.2 Å². The lowest BCUT2D eigenvalue weighted by Crippen LogP contribution is -2.33. The summed E-state index contributed by atoms with van der Waals surface area (Å²) in [5.74, 6) is 0.625. The van der Waals surface area contributed by atoms with Crippen LogP contribution in [0.4, 0.5) is 0 Å². The molecule has 0 amide bonds. The van der Waals surface area contributed by atoms with Crippen LogP contribution in [-0.4, -0.2) is 17.4 Å². The number of ether oxygens (including phenoxy) is 1. The third kappa shape index (κ3) is 4.78. The minimum absolute atomic E-state index is 0.149. The Morgan fingerprint density at radius 3 is 2.50 bits per heavy atom. The first kappa shape index (κ1) is 22.7. The highest BCUT2D eigenvalue weighted by molar-refractivity contribution is 6.35. The van der Waals surface area contributed by atoms with E-state index in [9.17, 15) is 5.11 Å². The van der Waals surface area contributed by atoms with E-state index in [-0.39, 0.29) is 18.0 Å². The summed E-state index contributed by atoms with van der Waals surface area (Å²) in [5, 5.41) is 15.6. The summed E-state index contributed by atoms with van der Waals surface area (Å²) in [5.41, 5.74) is 4.89. The average molecular weight is 469 g/mol. The van der Waals surface area contributed by atoms with E-state index < -0.39 is 0 Å². The van der Waals surface area contributed by atoms with Gasteiger partial charge in [-0.3, -0.25) is 10.3 Å². The third-order valence-corrected chi connectivity index (χ3v) is 6.26. The van der Waals surface area contributed by atoms with Gasteiger partial charge in [-0.25, -0.2) is 0 Å². The van der Waals surface area contributed by atoms with Crippen LogP contribution < -0.4 is 10.1 Å². The summed E-state index contributed by atoms with van der Waals surface area (Å²) in [6.45, 7) is 4.52. The molecule has 3 aromatic carbocycles. The molecule has 0 spiro atoms. The van der Waals surface area contributed by atoms with Crippen molar-refractivity contribution in [1.82, 2.24) is 5.32 Å². The van der Waals surface area contributed by atoms with Gasteiger partial charge in [0.2, 0.25) is 0 Å². The van der Waals surface area contributed by atoms with Crippen molar-refractivity contribution in [2.45, 2.75) is 38.9 Å². The van der Waals surface area contributed by atoms with Crippen LogP contribution in [0.5, 0.6) is 11.5 Å². The summed E-state index contributed by atoms with van der Waals surface area (Å²) < 4.78 is 5.61. The summed E-state index contributed by atoms with van der Waals surface area (Å²) in [6.07, 6.45) is 1.23. The van der Waals surface area contributed by atoms with E-state index in [2.05, 4.69) is 36.5 Å². The van der Waals surface area contributed by atoms with Crippen LogP contribution in [0.25, 0.3) is 0 Å². The monoisotopic (exact) mass is 468 g/mol. The fraction of sp³-hybridized carbons (Fsp3) is 0.269. The Morgan fingerprint density at radius 2 is 1.81 bits per heavy atom. The maximum Gasteiger partial charge on any atom is 0.162 e. The standard InChI is InChI=1S/C26H26Cl2N2O2/c1-3-16-8-10-17(11-9-16)22-15-23(20-6-5-7-24(25(20)31)32-4-2)30-26(29-22)19-13-12-18(27)14-21(19)28/h5-14,23,26,30-31H,3-4,15H2,1-2H3. The molecule has 0 aliphatic carbocycles. The molecular weight excluding hydrogens is 443 g/mol. The number of hydrogen-bond acceptors (Lipinski definition) is 4. The van der Waals surface area contributed by atoms with Gasteiger partial charge >= 0.3 is 0 Å². The van der Waals surface area contributed by atoms with Gasteiger partial charge in [-0.2, -0.15) is 0 Å². The van der Waals surface area contributed by atoms with Gasteiger partial charge in [0, 0.05) is 39.3 Å². The van der Waals surface area contributed by atoms with E-state index in [4.69, 9.17) is 32.9 Å². The second kappa shape index (κ2) is 9.95. The first-order valence-electron chi connectivity index (χ1n) is 10.8. The Bertz CT molecular complexity index is 1130. The SMILES string of the molecule is CCOc1cccc(C2CC(c3ccc(CC)cc3)=NC(c3ccc(Cl)cc3Cl)N2)c1O. The number of halogens is 2. The second-order valence-electron chi connectivity index (χ2n) is 7.75. The highest BCUT2D eigenvalue weighted by Crippen LogP contribution is 2.40. The van der Waals surface area contributed by atoms with Crippen LogP contribution in [0.1, 0.15) is 54.7 Å². The lowest BCUT2D eigenvalue weighted by molar-refractivity contribution is 0.313. The minimum Gasteiger partial charge on any atom is -0.504 e. The number of phenols is 1. The molecule has 0 saturated heterocycles. The Hall–Kier alpha value is -2.53. The maximum absolute atomic E-state index is 10.9. The molecule has 0 bridgehead atoms. The number of hydrogen-bond donors (Lipinski definition) is 2. The molecule has 166 valence electrons. The number of phenolic OH excluding ortho intramolecular Hbond substituents is 1. The van der Waals surface area contributed by atoms with Gasteiger partial charge in [0.25, 0.3) is 0 Å². The van der Waals surface area contributed by atoms with E-state index >= 15 is 0 Å². The summed E-state index contributed by atoms with van der Waals surface area (Å²) >= 11 is 12.6. The van der Waals surface area contributed by atoms with Crippen molar-refractivity contribution in [2.24, 2.45) is 4.99 Å². The Kier molecular flexibility index (Phi) is 7.04. The zero-order valence-corrected chi connectivity index (χ0v) is 19.6. The molecule has 0 fully saturated rings. The molecule has 4 rings (SSSR count). The number of aryl methyl sites for hydroxylation is 1. The number of aliphatic imine (C=N–C) groups is 1. The zero-order chi connectivity index (χ0) is 22.7. The highest BCUT2D eigenvalue weighted by Gasteiger charge is 2.29. The van der Waals surface area contributed by atoms with Gasteiger partial charge in [0.05, 0.1) is 6.61 Å². The number of nitrogens with zero attached hydrogens (tertiary/aromatic N) is 1. The molecule has 32 heavy (non-hydrogen) atoms. The van der Waals surface area contributed by atoms with E-state index in [1.807, 2.05) is 31.2 Å². The Balaban J connectivity index is 1.77. The van der Waals surface area contributed by atoms with Gasteiger partial charge in [0.15, 0.2) is 11.5 Å². The quantitative estimate of drug-likeness (QED) is 0.414. The number of aromatic hydroxyl groups is 1. The molecule has 1 aliphatic heterocycles. The minimum atomic E-state index is -0.380. The van der Waals surface area contributed by atoms with Crippen molar-refractivity contribution in [1.29, 1.82) is 0 Å². The molecule has 0 saturated carbocycles. The fourth-order valence-electron chi connectivity index (χ4n) is 3.99. The molecular formula is C26H26Cl2N2O2. The third-order valence-electron chi connectivity index (χ3n) is 5.70. The second-order valence-corrected chi connectivity index (χ2v) is 8.59. The predicted octanol–water partition coefficient (Wildman–Crippen LogP) is 6.88. The van der Waals surface area contributed by atoms with Gasteiger partial charge in [-0.15, -0.1) is 0 Å². The molecule has 4 nitrogen and oxygen atoms in total. The van der Waals surface area contributed by atoms with Crippen LogP contribution in [0.2, 0.25) is 10.0 Å². The van der Waals surface area contributed by atoms with E-state index in [1.165, 1.54) is 5.56 Å². The summed E-state index contributed by atoms with van der Waals surface area (Å²) in [4.78, 5) is 5.00. The summed E-state index contributed by atoms with van der Waals surface area (Å²) in [6, 6.07) is 19.3. The van der Waals surface area contributed by atoms with E-state index in [1.54, 1.807) is 12.1 Å². The molecule has 6 heteroatoms. The molecule has 1 aliphatic rings. The number of para-hydroxylation sites is 1. The molecule has 2 atom stereocenters. The van der Waals surface area contributed by atoms with Crippen molar-refractivity contribution in [3.8, 4) is 11.5 Å². The molecule has 2 unspecified atom stereocenters. The number of benzene rings is 3. The van der Waals surface area contributed by atoms with Crippen molar-refractivity contribution in [3.63, 3.8) is 0 Å². The Labute approximate surface area is 198 Å². The van der Waals surface area contributed by atoms with E-state index in [0.717, 1.165) is 28.8 Å². The van der Waals surface area contributed by atoms with Crippen LogP contribution in [-0.2, 0) is 6.42 Å². The van der Waals surface area contributed by atoms with Crippen molar-refractivity contribution in [3.05, 3.63) is 93.0 Å². The van der Waals surface area contributed by atoms with Gasteiger partial charge in [0.1, 0.15) is 6.17 Å². The fourth-order valence-corrected chi connectivity index (χ4v) is 4.50. The largest absolute Gasteiger partial charge is 0.504 e. The zero-order valence-electron chi connectivity index (χ0n) is 18.1. The first-order chi connectivity index (χ1) is 15.5. The van der Waals surface area contributed by atoms with Gasteiger partial charge < -0.3 is 9.84 Å².